The van der Waals surface area contributed by atoms with E-state index in [2.05, 4.69) is 21.2 Å². The van der Waals surface area contributed by atoms with Crippen LogP contribution in [0.15, 0.2) is 46.9 Å². The van der Waals surface area contributed by atoms with E-state index in [0.717, 1.165) is 16.6 Å². The number of aryl methyl sites for hydroxylation is 1. The van der Waals surface area contributed by atoms with E-state index < -0.39 is 0 Å². The molecule has 1 unspecified atom stereocenters. The van der Waals surface area contributed by atoms with E-state index in [9.17, 15) is 4.39 Å². The molecule has 3 heteroatoms. The molecule has 0 heterocycles. The molecule has 2 rings (SSSR count). The van der Waals surface area contributed by atoms with Gasteiger partial charge < -0.3 is 5.32 Å². The van der Waals surface area contributed by atoms with Gasteiger partial charge in [0, 0.05) is 10.0 Å². The van der Waals surface area contributed by atoms with Crippen LogP contribution in [-0.4, -0.2) is 6.54 Å². The Balaban J connectivity index is 2.45. The zero-order valence-electron chi connectivity index (χ0n) is 11.1. The van der Waals surface area contributed by atoms with Crippen molar-refractivity contribution in [2.24, 2.45) is 0 Å². The molecule has 0 aliphatic heterocycles. The highest BCUT2D eigenvalue weighted by atomic mass is 79.9. The molecule has 1 atom stereocenters. The van der Waals surface area contributed by atoms with Gasteiger partial charge in [0.15, 0.2) is 0 Å². The molecule has 0 saturated heterocycles. The second-order valence-electron chi connectivity index (χ2n) is 4.52. The third kappa shape index (κ3) is 3.23. The third-order valence-corrected chi connectivity index (χ3v) is 3.67. The molecular formula is C16H17BrFN. The van der Waals surface area contributed by atoms with Crippen molar-refractivity contribution in [1.82, 2.24) is 5.32 Å². The van der Waals surface area contributed by atoms with Crippen LogP contribution in [0.2, 0.25) is 0 Å². The lowest BCUT2D eigenvalue weighted by Crippen LogP contribution is -2.23. The van der Waals surface area contributed by atoms with Crippen molar-refractivity contribution in [3.63, 3.8) is 0 Å². The summed E-state index contributed by atoms with van der Waals surface area (Å²) in [5.41, 5.74) is 2.44. The Morgan fingerprint density at radius 1 is 1.16 bits per heavy atom. The molecule has 1 nitrogen and oxygen atoms in total. The maximum Gasteiger partial charge on any atom is 0.131 e. The van der Waals surface area contributed by atoms with Gasteiger partial charge in [-0.25, -0.2) is 4.39 Å². The van der Waals surface area contributed by atoms with Crippen LogP contribution in [0.25, 0.3) is 0 Å². The summed E-state index contributed by atoms with van der Waals surface area (Å²) in [4.78, 5) is 0. The zero-order valence-corrected chi connectivity index (χ0v) is 12.7. The van der Waals surface area contributed by atoms with Crippen LogP contribution in [0.5, 0.6) is 0 Å². The van der Waals surface area contributed by atoms with Gasteiger partial charge in [-0.2, -0.15) is 0 Å². The summed E-state index contributed by atoms with van der Waals surface area (Å²) < 4.78 is 15.3. The highest BCUT2D eigenvalue weighted by Gasteiger charge is 2.17. The van der Waals surface area contributed by atoms with Crippen LogP contribution in [0.3, 0.4) is 0 Å². The van der Waals surface area contributed by atoms with Crippen LogP contribution < -0.4 is 5.32 Å². The van der Waals surface area contributed by atoms with E-state index in [1.807, 2.05) is 43.3 Å². The molecule has 0 aliphatic rings. The van der Waals surface area contributed by atoms with Crippen molar-refractivity contribution in [3.05, 3.63) is 69.4 Å². The zero-order chi connectivity index (χ0) is 13.8. The monoisotopic (exact) mass is 321 g/mol. The lowest BCUT2D eigenvalue weighted by Gasteiger charge is -2.20. The molecule has 0 aliphatic carbocycles. The molecule has 0 radical (unpaired) electrons. The van der Waals surface area contributed by atoms with Crippen molar-refractivity contribution < 1.29 is 4.39 Å². The van der Waals surface area contributed by atoms with Gasteiger partial charge in [-0.1, -0.05) is 53.2 Å². The van der Waals surface area contributed by atoms with E-state index in [1.54, 1.807) is 13.0 Å². The highest BCUT2D eigenvalue weighted by Crippen LogP contribution is 2.27. The first-order valence-corrected chi connectivity index (χ1v) is 7.16. The first-order valence-electron chi connectivity index (χ1n) is 6.37. The van der Waals surface area contributed by atoms with Gasteiger partial charge in [0.05, 0.1) is 6.04 Å². The van der Waals surface area contributed by atoms with Crippen molar-refractivity contribution in [2.45, 2.75) is 19.9 Å². The van der Waals surface area contributed by atoms with Crippen molar-refractivity contribution in [3.8, 4) is 0 Å². The Morgan fingerprint density at radius 3 is 2.47 bits per heavy atom. The molecule has 100 valence electrons. The first kappa shape index (κ1) is 14.2. The van der Waals surface area contributed by atoms with Gasteiger partial charge in [-0.15, -0.1) is 0 Å². The predicted octanol–water partition coefficient (Wildman–Crippen LogP) is 4.60. The summed E-state index contributed by atoms with van der Waals surface area (Å²) in [5.74, 6) is -0.128. The molecular weight excluding hydrogens is 305 g/mol. The number of hydrogen-bond donors (Lipinski definition) is 1. The molecule has 2 aromatic carbocycles. The van der Waals surface area contributed by atoms with Gasteiger partial charge in [-0.05, 0) is 36.7 Å². The first-order chi connectivity index (χ1) is 9.13. The minimum atomic E-state index is -0.128. The van der Waals surface area contributed by atoms with Gasteiger partial charge in [0.25, 0.3) is 0 Å². The Morgan fingerprint density at radius 2 is 1.84 bits per heavy atom. The number of rotatable bonds is 4. The van der Waals surface area contributed by atoms with E-state index in [-0.39, 0.29) is 11.9 Å². The van der Waals surface area contributed by atoms with Crippen LogP contribution in [0, 0.1) is 12.7 Å². The standard InChI is InChI=1S/C16H17BrFN/c1-3-19-16(12-7-9-13(17)10-8-12)14-6-4-5-11(2)15(14)18/h4-10,16,19H,3H2,1-2H3. The second kappa shape index (κ2) is 6.31. The Hall–Kier alpha value is -1.19. The van der Waals surface area contributed by atoms with Crippen molar-refractivity contribution in [1.29, 1.82) is 0 Å². The van der Waals surface area contributed by atoms with Gasteiger partial charge in [-0.3, -0.25) is 0 Å². The Bertz CT molecular complexity index is 551. The fourth-order valence-corrected chi connectivity index (χ4v) is 2.42. The topological polar surface area (TPSA) is 12.0 Å². The summed E-state index contributed by atoms with van der Waals surface area (Å²) in [6.45, 7) is 4.61. The average Bonchev–Trinajstić information content (AvgIpc) is 2.41. The van der Waals surface area contributed by atoms with Gasteiger partial charge in [0.1, 0.15) is 5.82 Å². The van der Waals surface area contributed by atoms with Crippen molar-refractivity contribution >= 4 is 15.9 Å². The summed E-state index contributed by atoms with van der Waals surface area (Å²) in [5, 5.41) is 3.35. The third-order valence-electron chi connectivity index (χ3n) is 3.14. The Labute approximate surface area is 122 Å². The van der Waals surface area contributed by atoms with Crippen LogP contribution >= 0.6 is 15.9 Å². The number of halogens is 2. The smallest absolute Gasteiger partial charge is 0.131 e. The summed E-state index contributed by atoms with van der Waals surface area (Å²) in [6.07, 6.45) is 0. The predicted molar refractivity (Wildman–Crippen MR) is 80.8 cm³/mol. The van der Waals surface area contributed by atoms with E-state index >= 15 is 0 Å². The molecule has 0 aromatic heterocycles. The minimum absolute atomic E-state index is 0.113. The van der Waals surface area contributed by atoms with Crippen LogP contribution in [0.1, 0.15) is 29.7 Å². The largest absolute Gasteiger partial charge is 0.306 e. The molecule has 0 amide bonds. The molecule has 1 N–H and O–H groups in total. The molecule has 19 heavy (non-hydrogen) atoms. The maximum atomic E-state index is 14.3. The average molecular weight is 322 g/mol. The fraction of sp³-hybridized carbons (Fsp3) is 0.250. The summed E-state index contributed by atoms with van der Waals surface area (Å²) in [6, 6.07) is 13.4. The lowest BCUT2D eigenvalue weighted by molar-refractivity contribution is 0.553. The molecule has 2 aromatic rings. The second-order valence-corrected chi connectivity index (χ2v) is 5.44. The number of nitrogens with one attached hydrogen (secondary N) is 1. The van der Waals surface area contributed by atoms with Crippen molar-refractivity contribution in [2.75, 3.05) is 6.54 Å². The molecule has 0 bridgehead atoms. The SMILES string of the molecule is CCNC(c1ccc(Br)cc1)c1cccc(C)c1F. The summed E-state index contributed by atoms with van der Waals surface area (Å²) >= 11 is 3.42. The fourth-order valence-electron chi connectivity index (χ4n) is 2.16. The molecule has 0 spiro atoms. The Kier molecular flexibility index (Phi) is 4.72. The minimum Gasteiger partial charge on any atom is -0.306 e. The quantitative estimate of drug-likeness (QED) is 0.868. The van der Waals surface area contributed by atoms with E-state index in [1.165, 1.54) is 0 Å². The lowest BCUT2D eigenvalue weighted by atomic mass is 9.96. The highest BCUT2D eigenvalue weighted by molar-refractivity contribution is 9.10. The van der Waals surface area contributed by atoms with E-state index in [4.69, 9.17) is 0 Å². The molecule has 0 saturated carbocycles. The van der Waals surface area contributed by atoms with Gasteiger partial charge >= 0.3 is 0 Å². The van der Waals surface area contributed by atoms with Crippen LogP contribution in [0.4, 0.5) is 4.39 Å². The summed E-state index contributed by atoms with van der Waals surface area (Å²) in [7, 11) is 0. The number of hydrogen-bond acceptors (Lipinski definition) is 1. The van der Waals surface area contributed by atoms with Crippen LogP contribution in [-0.2, 0) is 0 Å². The van der Waals surface area contributed by atoms with E-state index in [0.29, 0.717) is 11.1 Å². The van der Waals surface area contributed by atoms with Gasteiger partial charge in [0.2, 0.25) is 0 Å². The molecule has 0 fully saturated rings. The normalized spacial score (nSPS) is 12.4. The maximum absolute atomic E-state index is 14.3. The number of benzene rings is 2.